The topological polar surface area (TPSA) is 65.1 Å². The monoisotopic (exact) mass is 381 g/mol. The Balaban J connectivity index is 1.69. The third kappa shape index (κ3) is 4.98. The number of nitrogens with zero attached hydrogens (tertiary/aromatic N) is 1. The Kier molecular flexibility index (Phi) is 6.45. The molecule has 0 bridgehead atoms. The third-order valence-electron chi connectivity index (χ3n) is 4.42. The van der Waals surface area contributed by atoms with Crippen LogP contribution in [0.2, 0.25) is 0 Å². The standard InChI is InChI=1S/C22H23NO5/c1-16-3-7-18(8-4-16)19(24)9-5-17-6-10-20(21(15-17)26-2)28-22(25)23-11-13-27-14-12-23/h3-10,15H,11-14H2,1-2H3. The molecule has 1 amide bonds. The van der Waals surface area contributed by atoms with Gasteiger partial charge in [-0.25, -0.2) is 4.79 Å². The normalized spacial score (nSPS) is 14.1. The molecule has 0 N–H and O–H groups in total. The van der Waals surface area contributed by atoms with E-state index in [0.29, 0.717) is 43.4 Å². The molecule has 0 unspecified atom stereocenters. The van der Waals surface area contributed by atoms with Crippen LogP contribution in [0.5, 0.6) is 11.5 Å². The van der Waals surface area contributed by atoms with Gasteiger partial charge in [-0.2, -0.15) is 0 Å². The number of carbonyl (C=O) groups excluding carboxylic acids is 2. The molecular weight excluding hydrogens is 358 g/mol. The van der Waals surface area contributed by atoms with Gasteiger partial charge in [0, 0.05) is 18.7 Å². The summed E-state index contributed by atoms with van der Waals surface area (Å²) in [6.45, 7) is 3.99. The Bertz CT molecular complexity index is 867. The summed E-state index contributed by atoms with van der Waals surface area (Å²) >= 11 is 0. The second-order valence-corrected chi connectivity index (χ2v) is 6.44. The van der Waals surface area contributed by atoms with Crippen molar-refractivity contribution >= 4 is 18.0 Å². The van der Waals surface area contributed by atoms with Crippen LogP contribution in [0.3, 0.4) is 0 Å². The number of methoxy groups -OCH3 is 1. The van der Waals surface area contributed by atoms with Gasteiger partial charge in [0.25, 0.3) is 0 Å². The first-order chi connectivity index (χ1) is 13.6. The minimum atomic E-state index is -0.431. The van der Waals surface area contributed by atoms with Crippen molar-refractivity contribution in [3.05, 3.63) is 65.2 Å². The number of amides is 1. The second-order valence-electron chi connectivity index (χ2n) is 6.44. The molecule has 3 rings (SSSR count). The fourth-order valence-electron chi connectivity index (χ4n) is 2.76. The van der Waals surface area contributed by atoms with Gasteiger partial charge in [-0.3, -0.25) is 4.79 Å². The zero-order valence-corrected chi connectivity index (χ0v) is 16.0. The van der Waals surface area contributed by atoms with E-state index in [1.54, 1.807) is 41.3 Å². The summed E-state index contributed by atoms with van der Waals surface area (Å²) in [4.78, 5) is 26.1. The number of ether oxygens (including phenoxy) is 3. The van der Waals surface area contributed by atoms with Crippen LogP contribution in [0.4, 0.5) is 4.79 Å². The molecule has 0 aromatic heterocycles. The molecular formula is C22H23NO5. The lowest BCUT2D eigenvalue weighted by Crippen LogP contribution is -2.42. The van der Waals surface area contributed by atoms with Gasteiger partial charge in [0.1, 0.15) is 0 Å². The molecule has 6 nitrogen and oxygen atoms in total. The minimum Gasteiger partial charge on any atom is -0.493 e. The summed E-state index contributed by atoms with van der Waals surface area (Å²) in [6.07, 6.45) is 2.79. The van der Waals surface area contributed by atoms with E-state index in [0.717, 1.165) is 11.1 Å². The number of hydrogen-bond donors (Lipinski definition) is 0. The van der Waals surface area contributed by atoms with Crippen LogP contribution in [0.25, 0.3) is 6.08 Å². The van der Waals surface area contributed by atoms with E-state index in [4.69, 9.17) is 14.2 Å². The lowest BCUT2D eigenvalue weighted by Gasteiger charge is -2.26. The van der Waals surface area contributed by atoms with Crippen molar-refractivity contribution < 1.29 is 23.8 Å². The number of rotatable bonds is 5. The molecule has 0 radical (unpaired) electrons. The summed E-state index contributed by atoms with van der Waals surface area (Å²) < 4.78 is 16.0. The second kappa shape index (κ2) is 9.19. The minimum absolute atomic E-state index is 0.0817. The van der Waals surface area contributed by atoms with Gasteiger partial charge in [0.05, 0.1) is 20.3 Å². The van der Waals surface area contributed by atoms with E-state index in [2.05, 4.69) is 0 Å². The van der Waals surface area contributed by atoms with Crippen LogP contribution in [0.1, 0.15) is 21.5 Å². The van der Waals surface area contributed by atoms with E-state index in [9.17, 15) is 9.59 Å². The van der Waals surface area contributed by atoms with Crippen molar-refractivity contribution in [1.29, 1.82) is 0 Å². The van der Waals surface area contributed by atoms with Gasteiger partial charge in [-0.1, -0.05) is 42.0 Å². The smallest absolute Gasteiger partial charge is 0.415 e. The van der Waals surface area contributed by atoms with E-state index < -0.39 is 6.09 Å². The molecule has 1 saturated heterocycles. The van der Waals surface area contributed by atoms with E-state index >= 15 is 0 Å². The molecule has 0 saturated carbocycles. The van der Waals surface area contributed by atoms with Crippen LogP contribution in [0, 0.1) is 6.92 Å². The molecule has 6 heteroatoms. The molecule has 1 heterocycles. The van der Waals surface area contributed by atoms with Crippen LogP contribution < -0.4 is 9.47 Å². The maximum absolute atomic E-state index is 12.3. The average molecular weight is 381 g/mol. The van der Waals surface area contributed by atoms with Crippen molar-refractivity contribution in [3.63, 3.8) is 0 Å². The van der Waals surface area contributed by atoms with Gasteiger partial charge >= 0.3 is 6.09 Å². The predicted octanol–water partition coefficient (Wildman–Crippen LogP) is 3.73. The largest absolute Gasteiger partial charge is 0.493 e. The molecule has 2 aromatic carbocycles. The van der Waals surface area contributed by atoms with Gasteiger partial charge in [-0.05, 0) is 30.7 Å². The summed E-state index contributed by atoms with van der Waals surface area (Å²) in [5, 5.41) is 0. The Hall–Kier alpha value is -3.12. The fraction of sp³-hybridized carbons (Fsp3) is 0.273. The summed E-state index contributed by atoms with van der Waals surface area (Å²) in [6, 6.07) is 12.6. The highest BCUT2D eigenvalue weighted by atomic mass is 16.6. The lowest BCUT2D eigenvalue weighted by molar-refractivity contribution is 0.0413. The highest BCUT2D eigenvalue weighted by Crippen LogP contribution is 2.29. The number of carbonyl (C=O) groups is 2. The van der Waals surface area contributed by atoms with Crippen molar-refractivity contribution in [3.8, 4) is 11.5 Å². The first kappa shape index (κ1) is 19.6. The fourth-order valence-corrected chi connectivity index (χ4v) is 2.76. The summed E-state index contributed by atoms with van der Waals surface area (Å²) in [7, 11) is 1.51. The molecule has 1 fully saturated rings. The number of allylic oxidation sites excluding steroid dienone is 1. The highest BCUT2D eigenvalue weighted by Gasteiger charge is 2.20. The van der Waals surface area contributed by atoms with Crippen LogP contribution in [0.15, 0.2) is 48.5 Å². The molecule has 2 aromatic rings. The molecule has 146 valence electrons. The van der Waals surface area contributed by atoms with Crippen LogP contribution in [-0.4, -0.2) is 50.2 Å². The molecule has 28 heavy (non-hydrogen) atoms. The molecule has 1 aliphatic rings. The SMILES string of the molecule is COc1cc(C=CC(=O)c2ccc(C)cc2)ccc1OC(=O)N1CCOCC1. The van der Waals surface area contributed by atoms with Gasteiger partial charge in [-0.15, -0.1) is 0 Å². The summed E-state index contributed by atoms with van der Waals surface area (Å²) in [5.74, 6) is 0.675. The Morgan fingerprint density at radius 1 is 1.04 bits per heavy atom. The molecule has 0 spiro atoms. The molecule has 1 aliphatic heterocycles. The lowest BCUT2D eigenvalue weighted by atomic mass is 10.1. The van der Waals surface area contributed by atoms with Gasteiger partial charge < -0.3 is 19.1 Å². The molecule has 0 atom stereocenters. The number of benzene rings is 2. The molecule has 0 aliphatic carbocycles. The number of ketones is 1. The Morgan fingerprint density at radius 3 is 2.43 bits per heavy atom. The van der Waals surface area contributed by atoms with E-state index in [1.165, 1.54) is 13.2 Å². The Morgan fingerprint density at radius 2 is 1.75 bits per heavy atom. The summed E-state index contributed by atoms with van der Waals surface area (Å²) in [5.41, 5.74) is 2.50. The first-order valence-electron chi connectivity index (χ1n) is 9.08. The number of aryl methyl sites for hydroxylation is 1. The average Bonchev–Trinajstić information content (AvgIpc) is 2.73. The van der Waals surface area contributed by atoms with Crippen molar-refractivity contribution in [2.75, 3.05) is 33.4 Å². The first-order valence-corrected chi connectivity index (χ1v) is 9.08. The van der Waals surface area contributed by atoms with Crippen LogP contribution >= 0.6 is 0 Å². The van der Waals surface area contributed by atoms with E-state index in [1.807, 2.05) is 19.1 Å². The Labute approximate surface area is 164 Å². The quantitative estimate of drug-likeness (QED) is 0.583. The van der Waals surface area contributed by atoms with Crippen molar-refractivity contribution in [2.24, 2.45) is 0 Å². The van der Waals surface area contributed by atoms with Crippen LogP contribution in [-0.2, 0) is 4.74 Å². The maximum Gasteiger partial charge on any atom is 0.415 e. The maximum atomic E-state index is 12.3. The van der Waals surface area contributed by atoms with E-state index in [-0.39, 0.29) is 5.78 Å². The zero-order valence-electron chi connectivity index (χ0n) is 16.0. The predicted molar refractivity (Wildman–Crippen MR) is 106 cm³/mol. The zero-order chi connectivity index (χ0) is 19.9. The number of hydrogen-bond acceptors (Lipinski definition) is 5. The van der Waals surface area contributed by atoms with Gasteiger partial charge in [0.2, 0.25) is 0 Å². The third-order valence-corrected chi connectivity index (χ3v) is 4.42. The van der Waals surface area contributed by atoms with Crippen molar-refractivity contribution in [1.82, 2.24) is 4.90 Å². The van der Waals surface area contributed by atoms with Crippen molar-refractivity contribution in [2.45, 2.75) is 6.92 Å². The highest BCUT2D eigenvalue weighted by molar-refractivity contribution is 6.06. The van der Waals surface area contributed by atoms with Gasteiger partial charge in [0.15, 0.2) is 17.3 Å². The number of morpholine rings is 1.